The van der Waals surface area contributed by atoms with Gasteiger partial charge in [0.1, 0.15) is 5.58 Å². The molecular weight excluding hydrogens is 264 g/mol. The number of ketones is 1. The first-order valence-corrected chi connectivity index (χ1v) is 6.94. The molecule has 0 atom stereocenters. The number of rotatable bonds is 1. The molecule has 102 valence electrons. The monoisotopic (exact) mass is 276 g/mol. The number of hydrogen-bond donors (Lipinski definition) is 0. The highest BCUT2D eigenvalue weighted by Gasteiger charge is 2.32. The van der Waals surface area contributed by atoms with Gasteiger partial charge in [-0.15, -0.1) is 0 Å². The van der Waals surface area contributed by atoms with Gasteiger partial charge < -0.3 is 4.42 Å². The smallest absolute Gasteiger partial charge is 0.229 e. The van der Waals surface area contributed by atoms with E-state index in [1.165, 1.54) is 0 Å². The molecule has 0 aliphatic heterocycles. The van der Waals surface area contributed by atoms with Crippen molar-refractivity contribution in [2.75, 3.05) is 0 Å². The van der Waals surface area contributed by atoms with Crippen LogP contribution in [0.3, 0.4) is 0 Å². The molecule has 1 heterocycles. The van der Waals surface area contributed by atoms with E-state index in [2.05, 4.69) is 0 Å². The number of carbonyl (C=O) groups is 1. The highest BCUT2D eigenvalue weighted by atomic mass is 16.3. The maximum absolute atomic E-state index is 12.7. The van der Waals surface area contributed by atoms with E-state index >= 15 is 0 Å². The summed E-state index contributed by atoms with van der Waals surface area (Å²) in [6.07, 6.45) is 0.847. The van der Waals surface area contributed by atoms with E-state index in [1.807, 2.05) is 25.1 Å². The third-order valence-electron chi connectivity index (χ3n) is 4.01. The maximum atomic E-state index is 12.7. The molecule has 1 aliphatic carbocycles. The normalized spacial score (nSPS) is 12.5. The van der Waals surface area contributed by atoms with Crippen LogP contribution in [0.1, 0.15) is 28.6 Å². The number of fused-ring (bicyclic) bond motifs is 4. The highest BCUT2D eigenvalue weighted by molar-refractivity contribution is 6.20. The second-order valence-corrected chi connectivity index (χ2v) is 5.19. The fourth-order valence-corrected chi connectivity index (χ4v) is 2.89. The van der Waals surface area contributed by atoms with Gasteiger partial charge in [-0.05, 0) is 30.2 Å². The Morgan fingerprint density at radius 1 is 1.00 bits per heavy atom. The van der Waals surface area contributed by atoms with Gasteiger partial charge in [0.2, 0.25) is 11.2 Å². The first kappa shape index (κ1) is 12.1. The van der Waals surface area contributed by atoms with Crippen molar-refractivity contribution in [1.29, 1.82) is 0 Å². The zero-order valence-corrected chi connectivity index (χ0v) is 11.5. The molecule has 0 saturated heterocycles. The Kier molecular flexibility index (Phi) is 2.39. The van der Waals surface area contributed by atoms with Gasteiger partial charge in [0, 0.05) is 11.1 Å². The zero-order chi connectivity index (χ0) is 14.6. The lowest BCUT2D eigenvalue weighted by molar-refractivity contribution is 0.102. The molecule has 0 saturated carbocycles. The van der Waals surface area contributed by atoms with Crippen LogP contribution in [0.4, 0.5) is 0 Å². The van der Waals surface area contributed by atoms with Crippen LogP contribution in [-0.2, 0) is 6.42 Å². The SMILES string of the molecule is CCc1ccc2c(c1)C(=O)c1oc3ccccc3c(=O)c1-2. The van der Waals surface area contributed by atoms with E-state index < -0.39 is 0 Å². The summed E-state index contributed by atoms with van der Waals surface area (Å²) in [5.74, 6) is -0.0277. The quantitative estimate of drug-likeness (QED) is 0.534. The average Bonchev–Trinajstić information content (AvgIpc) is 2.80. The van der Waals surface area contributed by atoms with E-state index in [0.717, 1.165) is 12.0 Å². The average molecular weight is 276 g/mol. The molecular formula is C18H12O3. The van der Waals surface area contributed by atoms with Gasteiger partial charge in [-0.25, -0.2) is 0 Å². The molecule has 0 amide bonds. The number of hydrogen-bond acceptors (Lipinski definition) is 3. The van der Waals surface area contributed by atoms with Crippen molar-refractivity contribution >= 4 is 16.8 Å². The highest BCUT2D eigenvalue weighted by Crippen LogP contribution is 2.36. The third kappa shape index (κ3) is 1.54. The summed E-state index contributed by atoms with van der Waals surface area (Å²) in [7, 11) is 0. The van der Waals surface area contributed by atoms with Crippen molar-refractivity contribution in [3.05, 3.63) is 69.6 Å². The Morgan fingerprint density at radius 3 is 2.62 bits per heavy atom. The number of benzene rings is 2. The van der Waals surface area contributed by atoms with Crippen LogP contribution in [0.25, 0.3) is 22.1 Å². The zero-order valence-electron chi connectivity index (χ0n) is 11.5. The van der Waals surface area contributed by atoms with Gasteiger partial charge in [-0.3, -0.25) is 9.59 Å². The summed E-state index contributed by atoms with van der Waals surface area (Å²) >= 11 is 0. The lowest BCUT2D eigenvalue weighted by Gasteiger charge is -2.02. The van der Waals surface area contributed by atoms with Gasteiger partial charge >= 0.3 is 0 Å². The summed E-state index contributed by atoms with van der Waals surface area (Å²) in [5, 5.41) is 0.511. The molecule has 2 aromatic carbocycles. The predicted molar refractivity (Wildman–Crippen MR) is 80.7 cm³/mol. The third-order valence-corrected chi connectivity index (χ3v) is 4.01. The second-order valence-electron chi connectivity index (χ2n) is 5.19. The minimum absolute atomic E-state index is 0.136. The summed E-state index contributed by atoms with van der Waals surface area (Å²) in [6, 6.07) is 12.7. The van der Waals surface area contributed by atoms with Crippen molar-refractivity contribution in [3.63, 3.8) is 0 Å². The van der Waals surface area contributed by atoms with Gasteiger partial charge in [-0.2, -0.15) is 0 Å². The van der Waals surface area contributed by atoms with Crippen LogP contribution < -0.4 is 5.43 Å². The van der Waals surface area contributed by atoms with E-state index in [9.17, 15) is 9.59 Å². The van der Waals surface area contributed by atoms with E-state index in [0.29, 0.717) is 27.7 Å². The van der Waals surface area contributed by atoms with Gasteiger partial charge in [0.05, 0.1) is 10.9 Å². The van der Waals surface area contributed by atoms with Gasteiger partial charge in [0.15, 0.2) is 5.76 Å². The van der Waals surface area contributed by atoms with Crippen LogP contribution >= 0.6 is 0 Å². The predicted octanol–water partition coefficient (Wildman–Crippen LogP) is 3.57. The van der Waals surface area contributed by atoms with Crippen molar-refractivity contribution in [2.45, 2.75) is 13.3 Å². The Labute approximate surface area is 120 Å². The Morgan fingerprint density at radius 2 is 1.81 bits per heavy atom. The van der Waals surface area contributed by atoms with Gasteiger partial charge in [-0.1, -0.05) is 31.2 Å². The molecule has 3 aromatic rings. The molecule has 21 heavy (non-hydrogen) atoms. The maximum Gasteiger partial charge on any atom is 0.229 e. The first-order chi connectivity index (χ1) is 10.2. The number of para-hydroxylation sites is 1. The molecule has 0 N–H and O–H groups in total. The molecule has 0 bridgehead atoms. The van der Waals surface area contributed by atoms with Crippen LogP contribution in [0.2, 0.25) is 0 Å². The second kappa shape index (κ2) is 4.16. The number of carbonyl (C=O) groups excluding carboxylic acids is 1. The first-order valence-electron chi connectivity index (χ1n) is 6.94. The van der Waals surface area contributed by atoms with Crippen molar-refractivity contribution < 1.29 is 9.21 Å². The Balaban J connectivity index is 2.13. The van der Waals surface area contributed by atoms with Crippen molar-refractivity contribution in [3.8, 4) is 11.1 Å². The lowest BCUT2D eigenvalue weighted by atomic mass is 10.0. The summed E-state index contributed by atoms with van der Waals surface area (Å²) in [5.41, 5.74) is 3.05. The molecule has 0 unspecified atom stereocenters. The topological polar surface area (TPSA) is 47.3 Å². The fourth-order valence-electron chi connectivity index (χ4n) is 2.89. The molecule has 3 nitrogen and oxygen atoms in total. The molecule has 4 rings (SSSR count). The summed E-state index contributed by atoms with van der Waals surface area (Å²) < 4.78 is 5.70. The number of aryl methyl sites for hydroxylation is 1. The molecule has 3 heteroatoms. The van der Waals surface area contributed by atoms with E-state index in [-0.39, 0.29) is 17.0 Å². The lowest BCUT2D eigenvalue weighted by Crippen LogP contribution is -2.06. The minimum Gasteiger partial charge on any atom is -0.452 e. The minimum atomic E-state index is -0.196. The summed E-state index contributed by atoms with van der Waals surface area (Å²) in [6.45, 7) is 2.03. The van der Waals surface area contributed by atoms with Crippen LogP contribution in [-0.4, -0.2) is 5.78 Å². The standard InChI is InChI=1S/C18H12O3/c1-2-10-7-8-11-13(9-10)17(20)18-15(11)16(19)12-5-3-4-6-14(12)21-18/h3-9H,2H2,1H3. The van der Waals surface area contributed by atoms with Crippen molar-refractivity contribution in [2.24, 2.45) is 0 Å². The largest absolute Gasteiger partial charge is 0.452 e. The molecule has 1 aromatic heterocycles. The molecule has 1 aliphatic rings. The van der Waals surface area contributed by atoms with Crippen LogP contribution in [0.15, 0.2) is 51.7 Å². The Hall–Kier alpha value is -2.68. The Bertz CT molecular complexity index is 964. The van der Waals surface area contributed by atoms with Crippen molar-refractivity contribution in [1.82, 2.24) is 0 Å². The summed E-state index contributed by atoms with van der Waals surface area (Å²) in [4.78, 5) is 25.2. The van der Waals surface area contributed by atoms with Gasteiger partial charge in [0.25, 0.3) is 0 Å². The van der Waals surface area contributed by atoms with Crippen LogP contribution in [0.5, 0.6) is 0 Å². The van der Waals surface area contributed by atoms with E-state index in [4.69, 9.17) is 4.42 Å². The van der Waals surface area contributed by atoms with Crippen LogP contribution in [0, 0.1) is 0 Å². The fraction of sp³-hybridized carbons (Fsp3) is 0.111. The molecule has 0 fully saturated rings. The molecule has 0 spiro atoms. The van der Waals surface area contributed by atoms with E-state index in [1.54, 1.807) is 24.3 Å². The molecule has 0 radical (unpaired) electrons.